The second kappa shape index (κ2) is 8.93. The van der Waals surface area contributed by atoms with Gasteiger partial charge in [-0.1, -0.05) is 24.3 Å². The Morgan fingerprint density at radius 2 is 1.87 bits per heavy atom. The van der Waals surface area contributed by atoms with Gasteiger partial charge >= 0.3 is 0 Å². The topological polar surface area (TPSA) is 58.6 Å². The minimum atomic E-state index is -0.193. The van der Waals surface area contributed by atoms with Crippen molar-refractivity contribution >= 4 is 50.9 Å². The van der Waals surface area contributed by atoms with Gasteiger partial charge in [-0.15, -0.1) is 11.8 Å². The van der Waals surface area contributed by atoms with E-state index in [0.717, 1.165) is 21.5 Å². The van der Waals surface area contributed by atoms with Crippen LogP contribution in [0.25, 0.3) is 0 Å². The standard InChI is InChI=1S/C23H19BrN2O3S/c1-29-18-11-9-17(10-12-18)26-21(27)14-30-23(26)15-5-4-6-16(13-15)25-22(28)19-7-2-3-8-20(19)24/h2-13,23H,14H2,1H3,(H,25,28)/t23-/m1/s1. The molecule has 0 bridgehead atoms. The van der Waals surface area contributed by atoms with E-state index in [9.17, 15) is 9.59 Å². The number of benzene rings is 3. The summed E-state index contributed by atoms with van der Waals surface area (Å²) in [5.74, 6) is 1.01. The zero-order valence-corrected chi connectivity index (χ0v) is 18.6. The minimum absolute atomic E-state index is 0.0535. The average Bonchev–Trinajstić information content (AvgIpc) is 3.15. The van der Waals surface area contributed by atoms with Crippen LogP contribution in [-0.4, -0.2) is 24.7 Å². The first-order chi connectivity index (χ1) is 14.6. The monoisotopic (exact) mass is 482 g/mol. The van der Waals surface area contributed by atoms with Gasteiger partial charge in [0.25, 0.3) is 5.91 Å². The fraction of sp³-hybridized carbons (Fsp3) is 0.130. The van der Waals surface area contributed by atoms with E-state index in [2.05, 4.69) is 21.2 Å². The quantitative estimate of drug-likeness (QED) is 0.522. The molecule has 1 N–H and O–H groups in total. The molecule has 3 aromatic rings. The van der Waals surface area contributed by atoms with Crippen molar-refractivity contribution in [3.8, 4) is 5.75 Å². The Bertz CT molecular complexity index is 1090. The molecule has 0 spiro atoms. The van der Waals surface area contributed by atoms with Crippen LogP contribution >= 0.6 is 27.7 Å². The van der Waals surface area contributed by atoms with E-state index >= 15 is 0 Å². The molecule has 0 aliphatic carbocycles. The number of halogens is 1. The van der Waals surface area contributed by atoms with E-state index in [1.165, 1.54) is 0 Å². The summed E-state index contributed by atoms with van der Waals surface area (Å²) in [5, 5.41) is 2.78. The summed E-state index contributed by atoms with van der Waals surface area (Å²) >= 11 is 4.98. The summed E-state index contributed by atoms with van der Waals surface area (Å²) in [5.41, 5.74) is 3.01. The van der Waals surface area contributed by atoms with Crippen molar-refractivity contribution in [3.63, 3.8) is 0 Å². The molecule has 3 aromatic carbocycles. The summed E-state index contributed by atoms with van der Waals surface area (Å²) in [6.45, 7) is 0. The van der Waals surface area contributed by atoms with Crippen molar-refractivity contribution in [1.29, 1.82) is 0 Å². The third kappa shape index (κ3) is 4.22. The number of carbonyl (C=O) groups excluding carboxylic acids is 2. The third-order valence-corrected chi connectivity index (χ3v) is 6.67. The van der Waals surface area contributed by atoms with Crippen LogP contribution < -0.4 is 15.0 Å². The van der Waals surface area contributed by atoms with Gasteiger partial charge in [-0.05, 0) is 70.0 Å². The summed E-state index contributed by atoms with van der Waals surface area (Å²) in [6.07, 6.45) is 0. The van der Waals surface area contributed by atoms with Crippen LogP contribution in [0.2, 0.25) is 0 Å². The third-order valence-electron chi connectivity index (χ3n) is 4.77. The van der Waals surface area contributed by atoms with Gasteiger partial charge in [0.1, 0.15) is 11.1 Å². The van der Waals surface area contributed by atoms with E-state index in [-0.39, 0.29) is 17.2 Å². The van der Waals surface area contributed by atoms with Crippen molar-refractivity contribution in [2.75, 3.05) is 23.1 Å². The van der Waals surface area contributed by atoms with Gasteiger partial charge in [0.15, 0.2) is 0 Å². The molecule has 1 fully saturated rings. The van der Waals surface area contributed by atoms with Crippen LogP contribution in [0.3, 0.4) is 0 Å². The fourth-order valence-electron chi connectivity index (χ4n) is 3.31. The molecule has 0 unspecified atom stereocenters. The molecule has 152 valence electrons. The SMILES string of the molecule is COc1ccc(N2C(=O)CS[C@@H]2c2cccc(NC(=O)c3ccccc3Br)c2)cc1. The molecule has 7 heteroatoms. The van der Waals surface area contributed by atoms with Crippen LogP contribution in [0.5, 0.6) is 5.75 Å². The second-order valence-electron chi connectivity index (χ2n) is 6.68. The number of ether oxygens (including phenoxy) is 1. The molecule has 1 aliphatic rings. The van der Waals surface area contributed by atoms with E-state index in [4.69, 9.17) is 4.74 Å². The Morgan fingerprint density at radius 3 is 2.60 bits per heavy atom. The number of hydrogen-bond donors (Lipinski definition) is 1. The summed E-state index contributed by atoms with van der Waals surface area (Å²) in [4.78, 5) is 27.0. The predicted molar refractivity (Wildman–Crippen MR) is 124 cm³/mol. The van der Waals surface area contributed by atoms with Gasteiger partial charge in [0.05, 0.1) is 18.4 Å². The van der Waals surface area contributed by atoms with E-state index in [1.807, 2.05) is 66.7 Å². The molecule has 30 heavy (non-hydrogen) atoms. The number of hydrogen-bond acceptors (Lipinski definition) is 4. The molecule has 1 aliphatic heterocycles. The normalized spacial score (nSPS) is 15.9. The Kier molecular flexibility index (Phi) is 6.11. The van der Waals surface area contributed by atoms with Gasteiger partial charge in [0.2, 0.25) is 5.91 Å². The smallest absolute Gasteiger partial charge is 0.256 e. The Balaban J connectivity index is 1.58. The van der Waals surface area contributed by atoms with Gasteiger partial charge in [-0.25, -0.2) is 0 Å². The number of thioether (sulfide) groups is 1. The van der Waals surface area contributed by atoms with Gasteiger partial charge in [-0.2, -0.15) is 0 Å². The molecule has 1 atom stereocenters. The first kappa shape index (κ1) is 20.5. The zero-order valence-electron chi connectivity index (χ0n) is 16.2. The van der Waals surface area contributed by atoms with Crippen molar-refractivity contribution in [2.45, 2.75) is 5.37 Å². The van der Waals surface area contributed by atoms with Gasteiger partial charge in [-0.3, -0.25) is 14.5 Å². The molecular weight excluding hydrogens is 464 g/mol. The lowest BCUT2D eigenvalue weighted by Gasteiger charge is -2.25. The average molecular weight is 483 g/mol. The molecule has 0 saturated carbocycles. The summed E-state index contributed by atoms with van der Waals surface area (Å²) in [7, 11) is 1.61. The van der Waals surface area contributed by atoms with Crippen molar-refractivity contribution in [3.05, 3.63) is 88.4 Å². The van der Waals surface area contributed by atoms with Crippen LogP contribution in [-0.2, 0) is 4.79 Å². The molecule has 2 amide bonds. The molecular formula is C23H19BrN2O3S. The Morgan fingerprint density at radius 1 is 1.10 bits per heavy atom. The van der Waals surface area contributed by atoms with Gasteiger partial charge in [0, 0.05) is 15.8 Å². The van der Waals surface area contributed by atoms with Crippen LogP contribution in [0.1, 0.15) is 21.3 Å². The number of rotatable bonds is 5. The lowest BCUT2D eigenvalue weighted by Crippen LogP contribution is -2.27. The number of amides is 2. The Labute approximate surface area is 187 Å². The molecule has 4 rings (SSSR count). The highest BCUT2D eigenvalue weighted by Crippen LogP contribution is 2.42. The number of nitrogens with zero attached hydrogens (tertiary/aromatic N) is 1. The van der Waals surface area contributed by atoms with Crippen molar-refractivity contribution in [1.82, 2.24) is 0 Å². The van der Waals surface area contributed by atoms with Crippen LogP contribution in [0, 0.1) is 0 Å². The molecule has 0 radical (unpaired) electrons. The second-order valence-corrected chi connectivity index (χ2v) is 8.61. The first-order valence-electron chi connectivity index (χ1n) is 9.30. The number of methoxy groups -OCH3 is 1. The van der Waals surface area contributed by atoms with Crippen molar-refractivity contribution in [2.24, 2.45) is 0 Å². The highest BCUT2D eigenvalue weighted by Gasteiger charge is 2.34. The lowest BCUT2D eigenvalue weighted by atomic mass is 10.1. The first-order valence-corrected chi connectivity index (χ1v) is 11.1. The van der Waals surface area contributed by atoms with Crippen molar-refractivity contribution < 1.29 is 14.3 Å². The Hall–Kier alpha value is -2.77. The number of anilines is 2. The highest BCUT2D eigenvalue weighted by molar-refractivity contribution is 9.10. The largest absolute Gasteiger partial charge is 0.497 e. The summed E-state index contributed by atoms with van der Waals surface area (Å²) < 4.78 is 5.95. The maximum absolute atomic E-state index is 12.6. The van der Waals surface area contributed by atoms with Gasteiger partial charge < -0.3 is 10.1 Å². The van der Waals surface area contributed by atoms with Crippen LogP contribution in [0.15, 0.2) is 77.3 Å². The molecule has 1 heterocycles. The van der Waals surface area contributed by atoms with E-state index in [0.29, 0.717) is 17.0 Å². The van der Waals surface area contributed by atoms with E-state index in [1.54, 1.807) is 29.8 Å². The zero-order chi connectivity index (χ0) is 21.1. The summed E-state index contributed by atoms with van der Waals surface area (Å²) in [6, 6.07) is 22.4. The van der Waals surface area contributed by atoms with Crippen LogP contribution in [0.4, 0.5) is 11.4 Å². The maximum Gasteiger partial charge on any atom is 0.256 e. The number of nitrogens with one attached hydrogen (secondary N) is 1. The molecule has 1 saturated heterocycles. The minimum Gasteiger partial charge on any atom is -0.497 e. The van der Waals surface area contributed by atoms with E-state index < -0.39 is 0 Å². The number of carbonyl (C=O) groups is 2. The highest BCUT2D eigenvalue weighted by atomic mass is 79.9. The maximum atomic E-state index is 12.6. The predicted octanol–water partition coefficient (Wildman–Crippen LogP) is 5.49. The molecule has 0 aromatic heterocycles. The lowest BCUT2D eigenvalue weighted by molar-refractivity contribution is -0.115. The fourth-order valence-corrected chi connectivity index (χ4v) is 4.94. The molecule has 5 nitrogen and oxygen atoms in total.